The summed E-state index contributed by atoms with van der Waals surface area (Å²) in [4.78, 5) is 14.0. The zero-order valence-corrected chi connectivity index (χ0v) is 22.0. The summed E-state index contributed by atoms with van der Waals surface area (Å²) in [6, 6.07) is 19.8. The average molecular weight is 533 g/mol. The quantitative estimate of drug-likeness (QED) is 0.347. The van der Waals surface area contributed by atoms with Crippen molar-refractivity contribution >= 4 is 34.4 Å². The predicted molar refractivity (Wildman–Crippen MR) is 115 cm³/mol. The molecule has 0 radical (unpaired) electrons. The molecule has 3 nitrogen and oxygen atoms in total. The Morgan fingerprint density at radius 3 is 1.32 bits per heavy atom. The molecule has 162 valence electrons. The minimum atomic E-state index is 0. The van der Waals surface area contributed by atoms with E-state index in [-0.39, 0.29) is 55.8 Å². The molecule has 0 atom stereocenters. The average Bonchev–Trinajstić information content (AvgIpc) is 2.65. The SMILES string of the molecule is CC(=Nc1ccc(C)cc1)c1cc(Cl)cc(C(C)=Nc2ccc(C)cc2)n1.[Cl-].[Cl-].[Cl-].[V+3]. The van der Waals surface area contributed by atoms with E-state index < -0.39 is 0 Å². The molecule has 0 bridgehead atoms. The van der Waals surface area contributed by atoms with Gasteiger partial charge in [0.15, 0.2) is 0 Å². The van der Waals surface area contributed by atoms with Crippen LogP contribution < -0.4 is 37.2 Å². The molecule has 0 amide bonds. The molecule has 3 aromatic rings. The number of aromatic nitrogens is 1. The smallest absolute Gasteiger partial charge is 1.00 e. The van der Waals surface area contributed by atoms with E-state index in [2.05, 4.69) is 23.8 Å². The molecule has 2 aromatic carbocycles. The van der Waals surface area contributed by atoms with Gasteiger partial charge in [-0.2, -0.15) is 0 Å². The van der Waals surface area contributed by atoms with E-state index in [1.807, 2.05) is 74.5 Å². The van der Waals surface area contributed by atoms with Gasteiger partial charge >= 0.3 is 18.6 Å². The molecule has 0 spiro atoms. The van der Waals surface area contributed by atoms with Crippen LogP contribution in [0.15, 0.2) is 70.6 Å². The van der Waals surface area contributed by atoms with Gasteiger partial charge < -0.3 is 37.2 Å². The number of pyridine rings is 1. The van der Waals surface area contributed by atoms with Gasteiger partial charge in [0.2, 0.25) is 0 Å². The number of hydrogen-bond acceptors (Lipinski definition) is 3. The number of aryl methyl sites for hydroxylation is 2. The van der Waals surface area contributed by atoms with Crippen LogP contribution in [0.25, 0.3) is 0 Å². The van der Waals surface area contributed by atoms with E-state index in [1.165, 1.54) is 11.1 Å². The molecule has 1 heterocycles. The third-order valence-corrected chi connectivity index (χ3v) is 4.41. The van der Waals surface area contributed by atoms with Crippen LogP contribution in [0, 0.1) is 13.8 Å². The summed E-state index contributed by atoms with van der Waals surface area (Å²) in [7, 11) is 0. The van der Waals surface area contributed by atoms with Crippen molar-refractivity contribution in [3.05, 3.63) is 88.2 Å². The molecule has 3 rings (SSSR count). The maximum absolute atomic E-state index is 6.34. The Hall–Kier alpha value is -1.33. The first-order chi connectivity index (χ1) is 12.9. The molecule has 31 heavy (non-hydrogen) atoms. The number of benzene rings is 2. The summed E-state index contributed by atoms with van der Waals surface area (Å²) in [5, 5.41) is 0.618. The predicted octanol–water partition coefficient (Wildman–Crippen LogP) is -2.36. The molecule has 1 aromatic heterocycles. The van der Waals surface area contributed by atoms with Gasteiger partial charge in [0.05, 0.1) is 34.2 Å². The Bertz CT molecular complexity index is 938. The fourth-order valence-electron chi connectivity index (χ4n) is 2.61. The molecule has 0 saturated heterocycles. The van der Waals surface area contributed by atoms with Crippen molar-refractivity contribution < 1.29 is 55.8 Å². The molecule has 0 N–H and O–H groups in total. The van der Waals surface area contributed by atoms with Crippen molar-refractivity contribution in [1.82, 2.24) is 4.98 Å². The van der Waals surface area contributed by atoms with Gasteiger partial charge in [-0.15, -0.1) is 0 Å². The van der Waals surface area contributed by atoms with E-state index in [9.17, 15) is 0 Å². The number of aliphatic imine (C=N–C) groups is 2. The Balaban J connectivity index is 0. The van der Waals surface area contributed by atoms with E-state index in [1.54, 1.807) is 0 Å². The molecular weight excluding hydrogens is 511 g/mol. The first-order valence-electron chi connectivity index (χ1n) is 8.83. The molecule has 0 aliphatic rings. The number of halogens is 4. The van der Waals surface area contributed by atoms with Crippen LogP contribution in [0.2, 0.25) is 5.02 Å². The summed E-state index contributed by atoms with van der Waals surface area (Å²) in [6.07, 6.45) is 0. The van der Waals surface area contributed by atoms with E-state index in [4.69, 9.17) is 16.6 Å². The second-order valence-electron chi connectivity index (χ2n) is 6.62. The van der Waals surface area contributed by atoms with Crippen molar-refractivity contribution in [2.24, 2.45) is 9.98 Å². The maximum Gasteiger partial charge on any atom is 3.00 e. The van der Waals surface area contributed by atoms with Gasteiger partial charge in [-0.05, 0) is 64.1 Å². The summed E-state index contributed by atoms with van der Waals surface area (Å²) < 4.78 is 0. The number of nitrogens with zero attached hydrogens (tertiary/aromatic N) is 3. The zero-order chi connectivity index (χ0) is 19.4. The van der Waals surface area contributed by atoms with Crippen LogP contribution in [0.1, 0.15) is 36.4 Å². The summed E-state index contributed by atoms with van der Waals surface area (Å²) in [5.41, 5.74) is 7.32. The van der Waals surface area contributed by atoms with Crippen LogP contribution in [0.5, 0.6) is 0 Å². The summed E-state index contributed by atoms with van der Waals surface area (Å²) in [6.45, 7) is 7.99. The molecule has 0 fully saturated rings. The van der Waals surface area contributed by atoms with Crippen molar-refractivity contribution in [2.75, 3.05) is 0 Å². The van der Waals surface area contributed by atoms with Crippen LogP contribution >= 0.6 is 11.6 Å². The van der Waals surface area contributed by atoms with E-state index in [0.717, 1.165) is 34.2 Å². The minimum absolute atomic E-state index is 0. The monoisotopic (exact) mass is 531 g/mol. The first kappa shape index (κ1) is 31.9. The van der Waals surface area contributed by atoms with E-state index >= 15 is 0 Å². The molecule has 0 saturated carbocycles. The third-order valence-electron chi connectivity index (χ3n) is 4.19. The Labute approximate surface area is 220 Å². The standard InChI is InChI=1S/C23H22ClN3.3ClH.V/c1-15-5-9-20(10-6-15)25-17(3)22-13-19(24)14-23(27-22)18(4)26-21-11-7-16(2)8-12-21;;;;/h5-14H,1-4H3;3*1H;/q;;;;+3/p-3. The molecule has 0 unspecified atom stereocenters. The van der Waals surface area contributed by atoms with Crippen LogP contribution in [0.3, 0.4) is 0 Å². The second-order valence-corrected chi connectivity index (χ2v) is 7.06. The van der Waals surface area contributed by atoms with Gasteiger partial charge in [-0.1, -0.05) is 47.0 Å². The minimum Gasteiger partial charge on any atom is -1.00 e. The Morgan fingerprint density at radius 1 is 0.677 bits per heavy atom. The molecule has 0 aliphatic heterocycles. The van der Waals surface area contributed by atoms with Crippen LogP contribution in [0.4, 0.5) is 11.4 Å². The van der Waals surface area contributed by atoms with Crippen molar-refractivity contribution in [1.29, 1.82) is 0 Å². The topological polar surface area (TPSA) is 37.6 Å². The molecule has 8 heteroatoms. The maximum atomic E-state index is 6.34. The van der Waals surface area contributed by atoms with Crippen molar-refractivity contribution in [3.8, 4) is 0 Å². The van der Waals surface area contributed by atoms with Gasteiger partial charge in [0.25, 0.3) is 0 Å². The summed E-state index contributed by atoms with van der Waals surface area (Å²) in [5.74, 6) is 0. The second kappa shape index (κ2) is 14.7. The van der Waals surface area contributed by atoms with Crippen molar-refractivity contribution in [3.63, 3.8) is 0 Å². The zero-order valence-electron chi connectivity index (χ0n) is 17.6. The molecular formula is C23H22Cl4N3V. The Kier molecular flexibility index (Phi) is 15.1. The Morgan fingerprint density at radius 2 is 1.00 bits per heavy atom. The van der Waals surface area contributed by atoms with Gasteiger partial charge in [0.1, 0.15) is 0 Å². The van der Waals surface area contributed by atoms with Gasteiger partial charge in [-0.25, -0.2) is 4.98 Å². The molecule has 0 aliphatic carbocycles. The van der Waals surface area contributed by atoms with E-state index in [0.29, 0.717) is 5.02 Å². The van der Waals surface area contributed by atoms with Gasteiger partial charge in [-0.3, -0.25) is 9.98 Å². The third kappa shape index (κ3) is 9.37. The summed E-state index contributed by atoms with van der Waals surface area (Å²) >= 11 is 6.34. The number of hydrogen-bond donors (Lipinski definition) is 0. The van der Waals surface area contributed by atoms with Gasteiger partial charge in [0, 0.05) is 5.02 Å². The first-order valence-corrected chi connectivity index (χ1v) is 9.21. The largest absolute Gasteiger partial charge is 3.00 e. The van der Waals surface area contributed by atoms with Crippen LogP contribution in [-0.2, 0) is 18.6 Å². The number of rotatable bonds is 4. The fourth-order valence-corrected chi connectivity index (χ4v) is 2.82. The fraction of sp³-hybridized carbons (Fsp3) is 0.174. The van der Waals surface area contributed by atoms with Crippen molar-refractivity contribution in [2.45, 2.75) is 27.7 Å². The normalized spacial score (nSPS) is 10.7. The van der Waals surface area contributed by atoms with Crippen LogP contribution in [-0.4, -0.2) is 16.4 Å².